The first kappa shape index (κ1) is 15.0. The summed E-state index contributed by atoms with van der Waals surface area (Å²) >= 11 is 0. The van der Waals surface area contributed by atoms with Crippen LogP contribution in [0.1, 0.15) is 13.3 Å². The van der Waals surface area contributed by atoms with Crippen molar-refractivity contribution in [3.8, 4) is 17.9 Å². The Hall–Kier alpha value is -2.53. The summed E-state index contributed by atoms with van der Waals surface area (Å²) in [5.41, 5.74) is 0.863. The lowest BCUT2D eigenvalue weighted by molar-refractivity contribution is 0.224. The van der Waals surface area contributed by atoms with Gasteiger partial charge in [-0.2, -0.15) is 9.97 Å². The van der Waals surface area contributed by atoms with E-state index in [1.165, 1.54) is 0 Å². The Bertz CT molecular complexity index is 882. The second kappa shape index (κ2) is 6.17. The highest BCUT2D eigenvalue weighted by Crippen LogP contribution is 2.22. The van der Waals surface area contributed by atoms with Gasteiger partial charge in [0.1, 0.15) is 0 Å². The Balaban J connectivity index is 1.92. The summed E-state index contributed by atoms with van der Waals surface area (Å²) in [6, 6.07) is 0.372. The third kappa shape index (κ3) is 2.41. The van der Waals surface area contributed by atoms with Crippen molar-refractivity contribution in [1.82, 2.24) is 24.4 Å². The number of hydrogen-bond donors (Lipinski definition) is 1. The number of aromatic nitrogens is 4. The van der Waals surface area contributed by atoms with Gasteiger partial charge in [0.2, 0.25) is 5.95 Å². The van der Waals surface area contributed by atoms with Gasteiger partial charge in [0.05, 0.1) is 13.2 Å². The van der Waals surface area contributed by atoms with E-state index >= 15 is 0 Å². The maximum absolute atomic E-state index is 13.0. The zero-order valence-electron chi connectivity index (χ0n) is 13.7. The van der Waals surface area contributed by atoms with Gasteiger partial charge in [-0.25, -0.2) is 0 Å². The lowest BCUT2D eigenvalue weighted by atomic mass is 10.4. The summed E-state index contributed by atoms with van der Waals surface area (Å²) in [4.78, 5) is 24.3. The van der Waals surface area contributed by atoms with Crippen molar-refractivity contribution in [3.63, 3.8) is 0 Å². The lowest BCUT2D eigenvalue weighted by Gasteiger charge is -2.28. The van der Waals surface area contributed by atoms with Gasteiger partial charge in [0.25, 0.3) is 5.56 Å². The molecule has 24 heavy (non-hydrogen) atoms. The molecular formula is C16H20N6O2. The molecule has 126 valence electrons. The molecule has 4 rings (SSSR count). The number of imidazole rings is 1. The fraction of sp³-hybridized carbons (Fsp3) is 0.562. The molecule has 0 atom stereocenters. The van der Waals surface area contributed by atoms with Crippen molar-refractivity contribution in [2.75, 3.05) is 37.7 Å². The fourth-order valence-corrected chi connectivity index (χ4v) is 3.19. The number of ether oxygens (including phenoxy) is 1. The van der Waals surface area contributed by atoms with Crippen molar-refractivity contribution < 1.29 is 4.74 Å². The largest absolute Gasteiger partial charge is 0.464 e. The molecule has 1 N–H and O–H groups in total. The molecule has 0 radical (unpaired) electrons. The molecule has 0 amide bonds. The highest BCUT2D eigenvalue weighted by atomic mass is 16.5. The highest BCUT2D eigenvalue weighted by Gasteiger charge is 2.24. The molecule has 0 saturated carbocycles. The number of nitrogens with zero attached hydrogens (tertiary/aromatic N) is 5. The second-order valence-electron chi connectivity index (χ2n) is 5.89. The van der Waals surface area contributed by atoms with E-state index in [0.29, 0.717) is 36.9 Å². The number of nitrogens with one attached hydrogen (secondary N) is 1. The van der Waals surface area contributed by atoms with Crippen LogP contribution in [-0.2, 0) is 13.1 Å². The predicted octanol–water partition coefficient (Wildman–Crippen LogP) is -0.192. The minimum absolute atomic E-state index is 0.0958. The molecular weight excluding hydrogens is 308 g/mol. The third-order valence-corrected chi connectivity index (χ3v) is 4.38. The Morgan fingerprint density at radius 3 is 2.88 bits per heavy atom. The monoisotopic (exact) mass is 328 g/mol. The molecule has 0 aromatic carbocycles. The van der Waals surface area contributed by atoms with Crippen molar-refractivity contribution >= 4 is 17.1 Å². The van der Waals surface area contributed by atoms with Gasteiger partial charge in [-0.15, -0.1) is 5.92 Å². The summed E-state index contributed by atoms with van der Waals surface area (Å²) in [6.07, 6.45) is 0.813. The fourth-order valence-electron chi connectivity index (χ4n) is 3.19. The number of rotatable bonds is 2. The van der Waals surface area contributed by atoms with E-state index in [1.807, 2.05) is 4.57 Å². The summed E-state index contributed by atoms with van der Waals surface area (Å²) in [5, 5.41) is 3.33. The molecule has 8 nitrogen and oxygen atoms in total. The van der Waals surface area contributed by atoms with E-state index in [9.17, 15) is 4.79 Å². The minimum atomic E-state index is -0.0958. The molecule has 0 unspecified atom stereocenters. The summed E-state index contributed by atoms with van der Waals surface area (Å²) in [5.74, 6) is 6.72. The molecule has 2 aromatic heterocycles. The second-order valence-corrected chi connectivity index (χ2v) is 5.89. The van der Waals surface area contributed by atoms with Crippen LogP contribution in [0, 0.1) is 11.8 Å². The third-order valence-electron chi connectivity index (χ3n) is 4.38. The topological polar surface area (TPSA) is 77.2 Å². The van der Waals surface area contributed by atoms with Crippen molar-refractivity contribution in [3.05, 3.63) is 10.4 Å². The van der Waals surface area contributed by atoms with E-state index in [-0.39, 0.29) is 5.56 Å². The maximum Gasteiger partial charge on any atom is 0.301 e. The van der Waals surface area contributed by atoms with Gasteiger partial charge in [0, 0.05) is 32.7 Å². The van der Waals surface area contributed by atoms with Gasteiger partial charge in [-0.05, 0) is 13.3 Å². The van der Waals surface area contributed by atoms with E-state index in [0.717, 1.165) is 38.5 Å². The van der Waals surface area contributed by atoms with Crippen LogP contribution < -0.4 is 20.5 Å². The van der Waals surface area contributed by atoms with Crippen molar-refractivity contribution in [1.29, 1.82) is 0 Å². The van der Waals surface area contributed by atoms with Gasteiger partial charge in [0.15, 0.2) is 11.2 Å². The van der Waals surface area contributed by atoms with Crippen LogP contribution in [-0.4, -0.2) is 51.9 Å². The summed E-state index contributed by atoms with van der Waals surface area (Å²) in [7, 11) is 0. The number of fused-ring (bicyclic) bond motifs is 2. The number of hydrogen-bond acceptors (Lipinski definition) is 6. The molecule has 0 spiro atoms. The zero-order valence-corrected chi connectivity index (χ0v) is 13.7. The first-order valence-corrected chi connectivity index (χ1v) is 8.28. The van der Waals surface area contributed by atoms with Crippen LogP contribution in [0.4, 0.5) is 5.95 Å². The van der Waals surface area contributed by atoms with E-state index in [4.69, 9.17) is 4.74 Å². The van der Waals surface area contributed by atoms with Crippen LogP contribution in [0.2, 0.25) is 0 Å². The Morgan fingerprint density at radius 1 is 1.25 bits per heavy atom. The van der Waals surface area contributed by atoms with E-state index in [2.05, 4.69) is 32.0 Å². The molecule has 2 aliphatic heterocycles. The molecule has 8 heteroatoms. The van der Waals surface area contributed by atoms with Crippen LogP contribution >= 0.6 is 0 Å². The average molecular weight is 328 g/mol. The smallest absolute Gasteiger partial charge is 0.301 e. The zero-order chi connectivity index (χ0) is 16.5. The van der Waals surface area contributed by atoms with Gasteiger partial charge in [-0.1, -0.05) is 5.92 Å². The SMILES string of the molecule is CC#CCn1c(N2CCNCC2)nc2nc3n(c(=O)c21)CCCO3. The van der Waals surface area contributed by atoms with E-state index in [1.54, 1.807) is 11.5 Å². The Morgan fingerprint density at radius 2 is 2.08 bits per heavy atom. The van der Waals surface area contributed by atoms with Gasteiger partial charge < -0.3 is 15.0 Å². The Labute approximate surface area is 139 Å². The molecule has 4 heterocycles. The summed E-state index contributed by atoms with van der Waals surface area (Å²) in [6.45, 7) is 6.94. The van der Waals surface area contributed by atoms with Gasteiger partial charge >= 0.3 is 6.01 Å². The van der Waals surface area contributed by atoms with E-state index < -0.39 is 0 Å². The number of anilines is 1. The average Bonchev–Trinajstić information content (AvgIpc) is 2.99. The van der Waals surface area contributed by atoms with Crippen LogP contribution in [0.25, 0.3) is 11.2 Å². The van der Waals surface area contributed by atoms with Crippen LogP contribution in [0.3, 0.4) is 0 Å². The predicted molar refractivity (Wildman–Crippen MR) is 90.4 cm³/mol. The quantitative estimate of drug-likeness (QED) is 0.770. The molecule has 2 aromatic rings. The molecule has 0 aliphatic carbocycles. The molecule has 1 fully saturated rings. The lowest BCUT2D eigenvalue weighted by Crippen LogP contribution is -2.44. The van der Waals surface area contributed by atoms with Crippen molar-refractivity contribution in [2.45, 2.75) is 26.4 Å². The van der Waals surface area contributed by atoms with Crippen molar-refractivity contribution in [2.24, 2.45) is 0 Å². The van der Waals surface area contributed by atoms with Crippen LogP contribution in [0.5, 0.6) is 6.01 Å². The standard InChI is InChI=1S/C16H20N6O2/c1-2-3-7-21-12-13(18-15(21)20-9-5-17-6-10-20)19-16-22(14(12)23)8-4-11-24-16/h17H,4-11H2,1H3. The molecule has 2 aliphatic rings. The normalized spacial score (nSPS) is 17.1. The van der Waals surface area contributed by atoms with Crippen LogP contribution in [0.15, 0.2) is 4.79 Å². The maximum atomic E-state index is 13.0. The minimum Gasteiger partial charge on any atom is -0.464 e. The highest BCUT2D eigenvalue weighted by molar-refractivity contribution is 5.75. The molecule has 1 saturated heterocycles. The summed E-state index contributed by atoms with van der Waals surface area (Å²) < 4.78 is 9.04. The number of piperazine rings is 1. The Kier molecular flexibility index (Phi) is 3.86. The first-order chi connectivity index (χ1) is 11.8. The molecule has 0 bridgehead atoms. The first-order valence-electron chi connectivity index (χ1n) is 8.28. The van der Waals surface area contributed by atoms with Gasteiger partial charge in [-0.3, -0.25) is 13.9 Å².